The van der Waals surface area contributed by atoms with Crippen LogP contribution in [0.3, 0.4) is 0 Å². The van der Waals surface area contributed by atoms with E-state index in [2.05, 4.69) is 21.2 Å². The van der Waals surface area contributed by atoms with Crippen molar-refractivity contribution in [2.45, 2.75) is 4.90 Å². The van der Waals surface area contributed by atoms with Crippen molar-refractivity contribution < 1.29 is 8.42 Å². The molecule has 0 aliphatic rings. The maximum atomic E-state index is 11.1. The van der Waals surface area contributed by atoms with Crippen molar-refractivity contribution in [2.24, 2.45) is 5.14 Å². The fourth-order valence-corrected chi connectivity index (χ4v) is 3.07. The van der Waals surface area contributed by atoms with Crippen LogP contribution in [-0.4, -0.2) is 8.42 Å². The number of thiophene rings is 1. The van der Waals surface area contributed by atoms with E-state index >= 15 is 0 Å². The molecule has 0 atom stereocenters. The maximum Gasteiger partial charge on any atom is 0.238 e. The summed E-state index contributed by atoms with van der Waals surface area (Å²) in [5, 5.41) is 9.14. The Morgan fingerprint density at radius 2 is 1.76 bits per heavy atom. The quantitative estimate of drug-likeness (QED) is 0.907. The van der Waals surface area contributed by atoms with Gasteiger partial charge in [-0.15, -0.1) is 11.3 Å². The van der Waals surface area contributed by atoms with Gasteiger partial charge in [0, 0.05) is 5.69 Å². The molecule has 0 fully saturated rings. The number of nitrogens with one attached hydrogen (secondary N) is 1. The first-order chi connectivity index (χ1) is 7.95. The number of halogens is 1. The van der Waals surface area contributed by atoms with Crippen molar-refractivity contribution in [1.29, 1.82) is 0 Å². The summed E-state index contributed by atoms with van der Waals surface area (Å²) in [5.41, 5.74) is 0.812. The largest absolute Gasteiger partial charge is 0.347 e. The minimum atomic E-state index is -3.62. The molecule has 90 valence electrons. The summed E-state index contributed by atoms with van der Waals surface area (Å²) in [6, 6.07) is 10.2. The number of hydrogen-bond donors (Lipinski definition) is 2. The summed E-state index contributed by atoms with van der Waals surface area (Å²) < 4.78 is 23.1. The summed E-state index contributed by atoms with van der Waals surface area (Å²) in [7, 11) is -3.62. The van der Waals surface area contributed by atoms with E-state index < -0.39 is 10.0 Å². The first-order valence-corrected chi connectivity index (χ1v) is 7.76. The Hall–Kier alpha value is -0.890. The van der Waals surface area contributed by atoms with Gasteiger partial charge in [0.05, 0.1) is 13.7 Å². The van der Waals surface area contributed by atoms with Crippen LogP contribution in [0.5, 0.6) is 0 Å². The van der Waals surface area contributed by atoms with Crippen LogP contribution in [0.2, 0.25) is 0 Å². The number of nitrogens with two attached hydrogens (primary N) is 1. The minimum absolute atomic E-state index is 0.107. The second-order valence-corrected chi connectivity index (χ2v) is 7.32. The predicted octanol–water partition coefficient (Wildman–Crippen LogP) is 2.90. The number of rotatable bonds is 3. The molecule has 7 heteroatoms. The molecule has 0 spiro atoms. The van der Waals surface area contributed by atoms with Gasteiger partial charge in [-0.3, -0.25) is 0 Å². The monoisotopic (exact) mass is 332 g/mol. The highest BCUT2D eigenvalue weighted by atomic mass is 79.9. The highest BCUT2D eigenvalue weighted by Crippen LogP contribution is 2.29. The highest BCUT2D eigenvalue weighted by molar-refractivity contribution is 9.11. The van der Waals surface area contributed by atoms with Crippen LogP contribution >= 0.6 is 27.3 Å². The molecule has 2 aromatic rings. The average Bonchev–Trinajstić information content (AvgIpc) is 2.63. The second kappa shape index (κ2) is 4.77. The van der Waals surface area contributed by atoms with Gasteiger partial charge in [0.1, 0.15) is 0 Å². The Morgan fingerprint density at radius 3 is 2.24 bits per heavy atom. The Bertz CT molecular complexity index is 620. The van der Waals surface area contributed by atoms with E-state index in [4.69, 9.17) is 5.14 Å². The standard InChI is InChI=1S/C10H9BrN2O2S2/c11-9-5-6-10(16-9)13-7-1-3-8(4-2-7)17(12,14)15/h1-6,13H,(H2,12,14,15). The molecular formula is C10H9BrN2O2S2. The van der Waals surface area contributed by atoms with Crippen molar-refractivity contribution in [1.82, 2.24) is 0 Å². The van der Waals surface area contributed by atoms with Crippen molar-refractivity contribution in [2.75, 3.05) is 5.32 Å². The van der Waals surface area contributed by atoms with Crippen LogP contribution in [0.1, 0.15) is 0 Å². The molecule has 0 amide bonds. The molecule has 0 saturated heterocycles. The lowest BCUT2D eigenvalue weighted by Gasteiger charge is -2.04. The third kappa shape index (κ3) is 3.29. The third-order valence-corrected chi connectivity index (χ3v) is 4.49. The Balaban J connectivity index is 2.19. The number of primary sulfonamides is 1. The van der Waals surface area contributed by atoms with Crippen molar-refractivity contribution in [3.63, 3.8) is 0 Å². The Labute approximate surface area is 112 Å². The number of hydrogen-bond acceptors (Lipinski definition) is 4. The first kappa shape index (κ1) is 12.6. The van der Waals surface area contributed by atoms with Gasteiger partial charge in [0.15, 0.2) is 0 Å². The first-order valence-electron chi connectivity index (χ1n) is 4.60. The molecule has 1 aromatic heterocycles. The number of anilines is 2. The van der Waals surface area contributed by atoms with Crippen molar-refractivity contribution in [3.05, 3.63) is 40.2 Å². The summed E-state index contributed by atoms with van der Waals surface area (Å²) in [4.78, 5) is 0.107. The fourth-order valence-electron chi connectivity index (χ4n) is 1.25. The average molecular weight is 333 g/mol. The minimum Gasteiger partial charge on any atom is -0.347 e. The van der Waals surface area contributed by atoms with Crippen molar-refractivity contribution in [3.8, 4) is 0 Å². The van der Waals surface area contributed by atoms with Gasteiger partial charge in [0.25, 0.3) is 0 Å². The highest BCUT2D eigenvalue weighted by Gasteiger charge is 2.06. The van der Waals surface area contributed by atoms with E-state index in [0.29, 0.717) is 0 Å². The van der Waals surface area contributed by atoms with E-state index in [9.17, 15) is 8.42 Å². The fraction of sp³-hybridized carbons (Fsp3) is 0. The second-order valence-electron chi connectivity index (χ2n) is 3.30. The Morgan fingerprint density at radius 1 is 1.12 bits per heavy atom. The van der Waals surface area contributed by atoms with Gasteiger partial charge in [0.2, 0.25) is 10.0 Å². The molecule has 3 N–H and O–H groups in total. The van der Waals surface area contributed by atoms with Crippen LogP contribution in [0.25, 0.3) is 0 Å². The van der Waals surface area contributed by atoms with Crippen molar-refractivity contribution >= 4 is 48.0 Å². The van der Waals surface area contributed by atoms with Gasteiger partial charge in [-0.05, 0) is 52.3 Å². The van der Waals surface area contributed by atoms with Gasteiger partial charge >= 0.3 is 0 Å². The molecule has 0 saturated carbocycles. The summed E-state index contributed by atoms with van der Waals surface area (Å²) in [6.07, 6.45) is 0. The van der Waals surface area contributed by atoms with Gasteiger partial charge < -0.3 is 5.32 Å². The van der Waals surface area contributed by atoms with E-state index in [1.807, 2.05) is 12.1 Å². The van der Waals surface area contributed by atoms with E-state index in [1.165, 1.54) is 12.1 Å². The van der Waals surface area contributed by atoms with Crippen LogP contribution in [0.15, 0.2) is 45.1 Å². The molecular weight excluding hydrogens is 324 g/mol. The molecule has 0 radical (unpaired) electrons. The molecule has 4 nitrogen and oxygen atoms in total. The van der Waals surface area contributed by atoms with Crippen LogP contribution in [0, 0.1) is 0 Å². The molecule has 1 aromatic carbocycles. The smallest absolute Gasteiger partial charge is 0.238 e. The van der Waals surface area contributed by atoms with E-state index in [0.717, 1.165) is 14.5 Å². The lowest BCUT2D eigenvalue weighted by molar-refractivity contribution is 0.598. The third-order valence-electron chi connectivity index (χ3n) is 2.02. The van der Waals surface area contributed by atoms with Crippen LogP contribution < -0.4 is 10.5 Å². The summed E-state index contributed by atoms with van der Waals surface area (Å²) >= 11 is 4.92. The molecule has 0 unspecified atom stereocenters. The molecule has 2 rings (SSSR count). The number of benzene rings is 1. The van der Waals surface area contributed by atoms with Crippen LogP contribution in [0.4, 0.5) is 10.7 Å². The molecule has 1 heterocycles. The molecule has 0 aliphatic heterocycles. The topological polar surface area (TPSA) is 72.2 Å². The maximum absolute atomic E-state index is 11.1. The normalized spacial score (nSPS) is 11.4. The van der Waals surface area contributed by atoms with Gasteiger partial charge in [-0.2, -0.15) is 0 Å². The molecule has 0 aliphatic carbocycles. The number of sulfonamides is 1. The van der Waals surface area contributed by atoms with Gasteiger partial charge in [-0.25, -0.2) is 13.6 Å². The van der Waals surface area contributed by atoms with E-state index in [1.54, 1.807) is 23.5 Å². The Kier molecular flexibility index (Phi) is 3.53. The predicted molar refractivity (Wildman–Crippen MR) is 73.1 cm³/mol. The lowest BCUT2D eigenvalue weighted by Crippen LogP contribution is -2.11. The summed E-state index contributed by atoms with van der Waals surface area (Å²) in [5.74, 6) is 0. The van der Waals surface area contributed by atoms with Gasteiger partial charge in [-0.1, -0.05) is 0 Å². The lowest BCUT2D eigenvalue weighted by atomic mass is 10.3. The molecule has 0 bridgehead atoms. The SMILES string of the molecule is NS(=O)(=O)c1ccc(Nc2ccc(Br)s2)cc1. The zero-order valence-electron chi connectivity index (χ0n) is 8.55. The zero-order valence-corrected chi connectivity index (χ0v) is 11.8. The zero-order chi connectivity index (χ0) is 12.5. The van der Waals surface area contributed by atoms with Crippen LogP contribution in [-0.2, 0) is 10.0 Å². The summed E-state index contributed by atoms with van der Waals surface area (Å²) in [6.45, 7) is 0. The van der Waals surface area contributed by atoms with E-state index in [-0.39, 0.29) is 4.90 Å². The molecule has 17 heavy (non-hydrogen) atoms.